The minimum atomic E-state index is -0.637. The number of benzene rings is 1. The Bertz CT molecular complexity index is 972. The van der Waals surface area contributed by atoms with E-state index in [4.69, 9.17) is 9.47 Å². The molecule has 3 rings (SSSR count). The van der Waals surface area contributed by atoms with Crippen molar-refractivity contribution in [2.75, 3.05) is 19.1 Å². The van der Waals surface area contributed by atoms with Crippen LogP contribution in [0.2, 0.25) is 0 Å². The van der Waals surface area contributed by atoms with Gasteiger partial charge in [0.1, 0.15) is 5.70 Å². The summed E-state index contributed by atoms with van der Waals surface area (Å²) >= 11 is 1.55. The maximum Gasteiger partial charge on any atom is 0.355 e. The molecule has 2 aromatic rings. The van der Waals surface area contributed by atoms with E-state index in [0.717, 1.165) is 21.1 Å². The number of aromatic nitrogens is 1. The minimum Gasteiger partial charge on any atom is -0.465 e. The standard InChI is InChI=1S/C20H18N2O4S/c1-13-21-12-17(27-13)14-8-4-5-10-16(14)22-11-7-6-9-15(19(23)25-2)18(22)20(24)26-3/h4-12H,1-3H3. The molecule has 6 nitrogen and oxygen atoms in total. The molecule has 0 unspecified atom stereocenters. The number of para-hydroxylation sites is 1. The number of thiazole rings is 1. The van der Waals surface area contributed by atoms with Gasteiger partial charge in [-0.3, -0.25) is 0 Å². The van der Waals surface area contributed by atoms with E-state index < -0.39 is 11.9 Å². The zero-order valence-corrected chi connectivity index (χ0v) is 15.9. The first kappa shape index (κ1) is 18.6. The molecule has 1 aromatic heterocycles. The van der Waals surface area contributed by atoms with Gasteiger partial charge in [0.15, 0.2) is 0 Å². The van der Waals surface area contributed by atoms with Crippen molar-refractivity contribution in [1.82, 2.24) is 4.98 Å². The largest absolute Gasteiger partial charge is 0.465 e. The van der Waals surface area contributed by atoms with Crippen molar-refractivity contribution in [2.45, 2.75) is 6.92 Å². The number of rotatable bonds is 4. The number of carbonyl (C=O) groups excluding carboxylic acids is 2. The second-order valence-corrected chi connectivity index (χ2v) is 6.81. The Morgan fingerprint density at radius 2 is 1.81 bits per heavy atom. The van der Waals surface area contributed by atoms with E-state index in [-0.39, 0.29) is 11.3 Å². The van der Waals surface area contributed by atoms with Crippen molar-refractivity contribution in [3.05, 3.63) is 71.2 Å². The van der Waals surface area contributed by atoms with Crippen LogP contribution < -0.4 is 4.90 Å². The molecule has 0 N–H and O–H groups in total. The third-order valence-corrected chi connectivity index (χ3v) is 4.89. The van der Waals surface area contributed by atoms with Gasteiger partial charge < -0.3 is 14.4 Å². The van der Waals surface area contributed by atoms with Crippen LogP contribution in [0.5, 0.6) is 0 Å². The van der Waals surface area contributed by atoms with Crippen LogP contribution in [-0.2, 0) is 19.1 Å². The number of carbonyl (C=O) groups is 2. The monoisotopic (exact) mass is 382 g/mol. The molecule has 0 spiro atoms. The fourth-order valence-corrected chi connectivity index (χ4v) is 3.54. The zero-order valence-electron chi connectivity index (χ0n) is 15.1. The van der Waals surface area contributed by atoms with E-state index in [0.29, 0.717) is 0 Å². The number of hydrogen-bond acceptors (Lipinski definition) is 7. The molecule has 0 radical (unpaired) electrons. The molecular formula is C20H18N2O4S. The third kappa shape index (κ3) is 3.68. The fourth-order valence-electron chi connectivity index (χ4n) is 2.73. The molecule has 0 saturated carbocycles. The number of nitrogens with zero attached hydrogens (tertiary/aromatic N) is 2. The van der Waals surface area contributed by atoms with Crippen LogP contribution in [0.4, 0.5) is 5.69 Å². The van der Waals surface area contributed by atoms with Gasteiger partial charge >= 0.3 is 11.9 Å². The number of hydrogen-bond donors (Lipinski definition) is 0. The van der Waals surface area contributed by atoms with Gasteiger partial charge in [0.2, 0.25) is 0 Å². The van der Waals surface area contributed by atoms with Crippen LogP contribution in [0.1, 0.15) is 5.01 Å². The number of ether oxygens (including phenoxy) is 2. The van der Waals surface area contributed by atoms with Gasteiger partial charge in [0.25, 0.3) is 0 Å². The first-order chi connectivity index (χ1) is 13.1. The summed E-state index contributed by atoms with van der Waals surface area (Å²) in [5, 5.41) is 0.937. The highest BCUT2D eigenvalue weighted by atomic mass is 32.1. The number of aryl methyl sites for hydroxylation is 1. The van der Waals surface area contributed by atoms with E-state index in [1.165, 1.54) is 20.3 Å². The van der Waals surface area contributed by atoms with Crippen molar-refractivity contribution in [2.24, 2.45) is 0 Å². The van der Waals surface area contributed by atoms with E-state index in [1.807, 2.05) is 31.2 Å². The zero-order chi connectivity index (χ0) is 19.4. The lowest BCUT2D eigenvalue weighted by Gasteiger charge is -2.25. The van der Waals surface area contributed by atoms with E-state index in [9.17, 15) is 9.59 Å². The SMILES string of the molecule is COC(=O)C1=C(C(=O)OC)N(c2ccccc2-c2cnc(C)s2)C=CC=C1. The maximum absolute atomic E-state index is 12.6. The number of methoxy groups -OCH3 is 2. The van der Waals surface area contributed by atoms with Gasteiger partial charge in [-0.15, -0.1) is 11.3 Å². The van der Waals surface area contributed by atoms with Gasteiger partial charge in [-0.25, -0.2) is 14.6 Å². The highest BCUT2D eigenvalue weighted by molar-refractivity contribution is 7.15. The molecule has 0 bridgehead atoms. The average Bonchev–Trinajstić information content (AvgIpc) is 3.00. The highest BCUT2D eigenvalue weighted by Gasteiger charge is 2.28. The fraction of sp³-hybridized carbons (Fsp3) is 0.150. The van der Waals surface area contributed by atoms with Gasteiger partial charge in [0, 0.05) is 18.0 Å². The van der Waals surface area contributed by atoms with Crippen molar-refractivity contribution in [3.63, 3.8) is 0 Å². The van der Waals surface area contributed by atoms with Crippen LogP contribution in [0, 0.1) is 6.92 Å². The summed E-state index contributed by atoms with van der Waals surface area (Å²) in [5.74, 6) is -1.26. The molecule has 0 fully saturated rings. The van der Waals surface area contributed by atoms with Crippen LogP contribution in [0.3, 0.4) is 0 Å². The van der Waals surface area contributed by atoms with E-state index in [2.05, 4.69) is 4.98 Å². The van der Waals surface area contributed by atoms with Crippen LogP contribution >= 0.6 is 11.3 Å². The number of allylic oxidation sites excluding steroid dienone is 2. The van der Waals surface area contributed by atoms with Crippen LogP contribution in [-0.4, -0.2) is 31.1 Å². The van der Waals surface area contributed by atoms with E-state index >= 15 is 0 Å². The molecule has 27 heavy (non-hydrogen) atoms. The minimum absolute atomic E-state index is 0.0861. The van der Waals surface area contributed by atoms with Crippen LogP contribution in [0.25, 0.3) is 10.4 Å². The molecule has 2 heterocycles. The molecule has 1 aliphatic rings. The first-order valence-corrected chi connectivity index (χ1v) is 8.95. The summed E-state index contributed by atoms with van der Waals surface area (Å²) in [7, 11) is 2.55. The summed E-state index contributed by atoms with van der Waals surface area (Å²) < 4.78 is 9.80. The molecule has 0 amide bonds. The summed E-state index contributed by atoms with van der Waals surface area (Å²) in [6, 6.07) is 7.60. The molecule has 0 atom stereocenters. The lowest BCUT2D eigenvalue weighted by Crippen LogP contribution is -2.27. The highest BCUT2D eigenvalue weighted by Crippen LogP contribution is 2.37. The Labute approximate surface area is 161 Å². The average molecular weight is 382 g/mol. The molecule has 138 valence electrons. The normalized spacial score (nSPS) is 13.5. The molecule has 0 saturated heterocycles. The van der Waals surface area contributed by atoms with Crippen molar-refractivity contribution < 1.29 is 19.1 Å². The predicted octanol–water partition coefficient (Wildman–Crippen LogP) is 3.61. The molecular weight excluding hydrogens is 364 g/mol. The van der Waals surface area contributed by atoms with Gasteiger partial charge in [-0.05, 0) is 25.1 Å². The van der Waals surface area contributed by atoms with Gasteiger partial charge in [-0.2, -0.15) is 0 Å². The van der Waals surface area contributed by atoms with Gasteiger partial charge in [-0.1, -0.05) is 24.3 Å². The maximum atomic E-state index is 12.6. The van der Waals surface area contributed by atoms with Crippen molar-refractivity contribution in [1.29, 1.82) is 0 Å². The summed E-state index contributed by atoms with van der Waals surface area (Å²) in [6.07, 6.45) is 8.46. The Kier molecular flexibility index (Phi) is 5.52. The predicted molar refractivity (Wildman–Crippen MR) is 104 cm³/mol. The lowest BCUT2D eigenvalue weighted by molar-refractivity contribution is -0.139. The Balaban J connectivity index is 2.23. The molecule has 0 aliphatic carbocycles. The Morgan fingerprint density at radius 3 is 2.48 bits per heavy atom. The van der Waals surface area contributed by atoms with E-state index in [1.54, 1.807) is 40.8 Å². The smallest absolute Gasteiger partial charge is 0.355 e. The molecule has 1 aromatic carbocycles. The first-order valence-electron chi connectivity index (χ1n) is 8.13. The summed E-state index contributed by atoms with van der Waals surface area (Å²) in [6.45, 7) is 1.93. The summed E-state index contributed by atoms with van der Waals surface area (Å²) in [5.41, 5.74) is 1.82. The number of anilines is 1. The molecule has 7 heteroatoms. The van der Waals surface area contributed by atoms with Crippen molar-refractivity contribution in [3.8, 4) is 10.4 Å². The Hall–Kier alpha value is -3.19. The second-order valence-electron chi connectivity index (χ2n) is 5.58. The van der Waals surface area contributed by atoms with Gasteiger partial charge in [0.05, 0.1) is 35.4 Å². The van der Waals surface area contributed by atoms with Crippen LogP contribution in [0.15, 0.2) is 66.2 Å². The Morgan fingerprint density at radius 1 is 1.07 bits per heavy atom. The third-order valence-electron chi connectivity index (χ3n) is 3.94. The van der Waals surface area contributed by atoms with Crippen molar-refractivity contribution >= 4 is 29.0 Å². The lowest BCUT2D eigenvalue weighted by atomic mass is 10.1. The summed E-state index contributed by atoms with van der Waals surface area (Å²) in [4.78, 5) is 31.8. The molecule has 1 aliphatic heterocycles. The quantitative estimate of drug-likeness (QED) is 0.753. The topological polar surface area (TPSA) is 68.7 Å². The number of esters is 2. The second kappa shape index (κ2) is 8.01.